The summed E-state index contributed by atoms with van der Waals surface area (Å²) in [6, 6.07) is 4.34. The highest BCUT2D eigenvalue weighted by Crippen LogP contribution is 2.25. The molecule has 0 fully saturated rings. The number of ether oxygens (including phenoxy) is 3. The molecule has 1 aromatic carbocycles. The molecule has 0 radical (unpaired) electrons. The Morgan fingerprint density at radius 2 is 2.05 bits per heavy atom. The highest BCUT2D eigenvalue weighted by atomic mass is 35.5. The summed E-state index contributed by atoms with van der Waals surface area (Å²) in [4.78, 5) is 23.0. The smallest absolute Gasteiger partial charge is 0.337 e. The second-order valence-corrected chi connectivity index (χ2v) is 4.76. The molecule has 1 N–H and O–H groups in total. The fourth-order valence-electron chi connectivity index (χ4n) is 1.61. The first-order valence-electron chi connectivity index (χ1n) is 6.27. The Labute approximate surface area is 128 Å². The maximum absolute atomic E-state index is 11.6. The molecule has 21 heavy (non-hydrogen) atoms. The number of amides is 1. The van der Waals surface area contributed by atoms with Gasteiger partial charge in [0.2, 0.25) is 0 Å². The molecule has 0 bridgehead atoms. The van der Waals surface area contributed by atoms with E-state index in [1.54, 1.807) is 7.11 Å². The highest BCUT2D eigenvalue weighted by molar-refractivity contribution is 6.32. The molecule has 0 unspecified atom stereocenters. The molecule has 1 aromatic rings. The highest BCUT2D eigenvalue weighted by Gasteiger charge is 2.12. The Morgan fingerprint density at radius 1 is 1.33 bits per heavy atom. The van der Waals surface area contributed by atoms with Crippen LogP contribution in [0.4, 0.5) is 0 Å². The van der Waals surface area contributed by atoms with Gasteiger partial charge in [-0.15, -0.1) is 0 Å². The molecule has 0 aliphatic rings. The van der Waals surface area contributed by atoms with Gasteiger partial charge in [-0.05, 0) is 25.1 Å². The summed E-state index contributed by atoms with van der Waals surface area (Å²) in [7, 11) is 2.84. The standard InChI is InChI=1S/C14H18ClNO5/c1-9(7-19-2)16-13(17)8-21-12-5-4-10(6-11(12)15)14(18)20-3/h4-6,9H,7-8H2,1-3H3,(H,16,17)/t9-/m1/s1. The SMILES string of the molecule is COC[C@@H](C)NC(=O)COc1ccc(C(=O)OC)cc1Cl. The number of nitrogens with one attached hydrogen (secondary N) is 1. The minimum Gasteiger partial charge on any atom is -0.482 e. The van der Waals surface area contributed by atoms with Gasteiger partial charge in [0.05, 0.1) is 24.3 Å². The van der Waals surface area contributed by atoms with Crippen LogP contribution in [0, 0.1) is 0 Å². The van der Waals surface area contributed by atoms with Crippen LogP contribution in [-0.4, -0.2) is 45.4 Å². The minimum atomic E-state index is -0.491. The summed E-state index contributed by atoms with van der Waals surface area (Å²) >= 11 is 5.98. The number of carbonyl (C=O) groups is 2. The Kier molecular flexibility index (Phi) is 6.98. The lowest BCUT2D eigenvalue weighted by molar-refractivity contribution is -0.124. The van der Waals surface area contributed by atoms with E-state index in [0.717, 1.165) is 0 Å². The minimum absolute atomic E-state index is 0.108. The first-order valence-corrected chi connectivity index (χ1v) is 6.64. The van der Waals surface area contributed by atoms with Crippen LogP contribution in [0.25, 0.3) is 0 Å². The van der Waals surface area contributed by atoms with E-state index in [1.165, 1.54) is 25.3 Å². The van der Waals surface area contributed by atoms with Crippen molar-refractivity contribution in [1.29, 1.82) is 0 Å². The van der Waals surface area contributed by atoms with Crippen molar-refractivity contribution in [2.75, 3.05) is 27.4 Å². The van der Waals surface area contributed by atoms with Crippen LogP contribution in [0.15, 0.2) is 18.2 Å². The molecule has 0 aliphatic heterocycles. The number of hydrogen-bond acceptors (Lipinski definition) is 5. The van der Waals surface area contributed by atoms with Crippen LogP contribution < -0.4 is 10.1 Å². The van der Waals surface area contributed by atoms with Crippen molar-refractivity contribution in [3.8, 4) is 5.75 Å². The molecule has 116 valence electrons. The molecule has 0 saturated carbocycles. The first-order chi connectivity index (χ1) is 9.97. The van der Waals surface area contributed by atoms with E-state index >= 15 is 0 Å². The number of halogens is 1. The normalized spacial score (nSPS) is 11.6. The maximum atomic E-state index is 11.6. The summed E-state index contributed by atoms with van der Waals surface area (Å²) in [5.41, 5.74) is 0.313. The maximum Gasteiger partial charge on any atom is 0.337 e. The van der Waals surface area contributed by atoms with Gasteiger partial charge in [0, 0.05) is 13.2 Å². The number of benzene rings is 1. The van der Waals surface area contributed by atoms with Crippen LogP contribution in [-0.2, 0) is 14.3 Å². The van der Waals surface area contributed by atoms with Crippen molar-refractivity contribution >= 4 is 23.5 Å². The quantitative estimate of drug-likeness (QED) is 0.775. The molecule has 1 amide bonds. The van der Waals surface area contributed by atoms with Gasteiger partial charge in [0.1, 0.15) is 5.75 Å². The van der Waals surface area contributed by atoms with Gasteiger partial charge in [-0.2, -0.15) is 0 Å². The van der Waals surface area contributed by atoms with Gasteiger partial charge in [-0.3, -0.25) is 4.79 Å². The van der Waals surface area contributed by atoms with Crippen molar-refractivity contribution in [1.82, 2.24) is 5.32 Å². The monoisotopic (exact) mass is 315 g/mol. The zero-order valence-electron chi connectivity index (χ0n) is 12.1. The average Bonchev–Trinajstić information content (AvgIpc) is 2.45. The van der Waals surface area contributed by atoms with Crippen molar-refractivity contribution in [2.24, 2.45) is 0 Å². The zero-order valence-corrected chi connectivity index (χ0v) is 12.9. The molecule has 1 rings (SSSR count). The van der Waals surface area contributed by atoms with Gasteiger partial charge in [-0.1, -0.05) is 11.6 Å². The van der Waals surface area contributed by atoms with Gasteiger partial charge in [-0.25, -0.2) is 4.79 Å². The predicted octanol–water partition coefficient (Wildman–Crippen LogP) is 1.66. The molecule has 6 nitrogen and oxygen atoms in total. The third kappa shape index (κ3) is 5.61. The number of esters is 1. The van der Waals surface area contributed by atoms with Gasteiger partial charge in [0.25, 0.3) is 5.91 Å². The number of methoxy groups -OCH3 is 2. The van der Waals surface area contributed by atoms with Crippen LogP contribution >= 0.6 is 11.6 Å². The van der Waals surface area contributed by atoms with Gasteiger partial charge >= 0.3 is 5.97 Å². The first kappa shape index (κ1) is 17.3. The molecular formula is C14H18ClNO5. The van der Waals surface area contributed by atoms with Crippen molar-refractivity contribution in [3.63, 3.8) is 0 Å². The van der Waals surface area contributed by atoms with Crippen molar-refractivity contribution in [2.45, 2.75) is 13.0 Å². The van der Waals surface area contributed by atoms with E-state index in [1.807, 2.05) is 6.92 Å². The zero-order chi connectivity index (χ0) is 15.8. The van der Waals surface area contributed by atoms with E-state index < -0.39 is 5.97 Å². The largest absolute Gasteiger partial charge is 0.482 e. The second-order valence-electron chi connectivity index (χ2n) is 4.35. The molecular weight excluding hydrogens is 298 g/mol. The topological polar surface area (TPSA) is 73.9 Å². The molecule has 7 heteroatoms. The lowest BCUT2D eigenvalue weighted by atomic mass is 10.2. The summed E-state index contributed by atoms with van der Waals surface area (Å²) in [5.74, 6) is -0.457. The van der Waals surface area contributed by atoms with Gasteiger partial charge < -0.3 is 19.5 Å². The van der Waals surface area contributed by atoms with Crippen molar-refractivity contribution < 1.29 is 23.8 Å². The van der Waals surface area contributed by atoms with E-state index in [4.69, 9.17) is 21.1 Å². The van der Waals surface area contributed by atoms with Crippen LogP contribution in [0.2, 0.25) is 5.02 Å². The Bertz CT molecular complexity index is 506. The Balaban J connectivity index is 2.56. The van der Waals surface area contributed by atoms with E-state index in [2.05, 4.69) is 10.1 Å². The predicted molar refractivity (Wildman–Crippen MR) is 77.8 cm³/mol. The molecule has 0 aliphatic carbocycles. The third-order valence-electron chi connectivity index (χ3n) is 2.54. The van der Waals surface area contributed by atoms with E-state index in [9.17, 15) is 9.59 Å². The molecule has 0 saturated heterocycles. The Morgan fingerprint density at radius 3 is 2.62 bits per heavy atom. The summed E-state index contributed by atoms with van der Waals surface area (Å²) in [6.07, 6.45) is 0. The van der Waals surface area contributed by atoms with Gasteiger partial charge in [0.15, 0.2) is 6.61 Å². The number of carbonyl (C=O) groups excluding carboxylic acids is 2. The van der Waals surface area contributed by atoms with Crippen LogP contribution in [0.1, 0.15) is 17.3 Å². The summed E-state index contributed by atoms with van der Waals surface area (Å²) < 4.78 is 14.8. The fourth-order valence-corrected chi connectivity index (χ4v) is 1.85. The van der Waals surface area contributed by atoms with E-state index in [-0.39, 0.29) is 23.6 Å². The molecule has 1 atom stereocenters. The van der Waals surface area contributed by atoms with E-state index in [0.29, 0.717) is 17.9 Å². The van der Waals surface area contributed by atoms with Crippen molar-refractivity contribution in [3.05, 3.63) is 28.8 Å². The number of rotatable bonds is 7. The lowest BCUT2D eigenvalue weighted by Crippen LogP contribution is -2.38. The summed E-state index contributed by atoms with van der Waals surface area (Å²) in [5, 5.41) is 2.94. The third-order valence-corrected chi connectivity index (χ3v) is 2.83. The number of hydrogen-bond donors (Lipinski definition) is 1. The molecule has 0 aromatic heterocycles. The van der Waals surface area contributed by atoms with Crippen LogP contribution in [0.3, 0.4) is 0 Å². The average molecular weight is 316 g/mol. The Hall–Kier alpha value is -1.79. The second kappa shape index (κ2) is 8.49. The molecule has 0 heterocycles. The summed E-state index contributed by atoms with van der Waals surface area (Å²) in [6.45, 7) is 2.06. The lowest BCUT2D eigenvalue weighted by Gasteiger charge is -2.13. The van der Waals surface area contributed by atoms with Crippen LogP contribution in [0.5, 0.6) is 5.75 Å². The molecule has 0 spiro atoms. The fraction of sp³-hybridized carbons (Fsp3) is 0.429.